The molecule has 3 rings (SSSR count). The van der Waals surface area contributed by atoms with Crippen molar-refractivity contribution < 1.29 is 0 Å². The second kappa shape index (κ2) is 2.60. The largest absolute Gasteiger partial charge is 0.270 e. The van der Waals surface area contributed by atoms with Gasteiger partial charge in [-0.3, -0.25) is 4.68 Å². The van der Waals surface area contributed by atoms with Crippen molar-refractivity contribution in [1.82, 2.24) is 9.78 Å². The topological polar surface area (TPSA) is 17.8 Å². The van der Waals surface area contributed by atoms with E-state index < -0.39 is 0 Å². The van der Waals surface area contributed by atoms with Gasteiger partial charge in [0.15, 0.2) is 0 Å². The summed E-state index contributed by atoms with van der Waals surface area (Å²) in [7, 11) is 0. The summed E-state index contributed by atoms with van der Waals surface area (Å²) in [4.78, 5) is 0. The Kier molecular flexibility index (Phi) is 1.52. The molecular weight excluding hydrogens is 160 g/mol. The molecule has 13 heavy (non-hydrogen) atoms. The third-order valence-corrected chi connectivity index (χ3v) is 3.97. The molecule has 2 nitrogen and oxygen atoms in total. The summed E-state index contributed by atoms with van der Waals surface area (Å²) in [6, 6.07) is 2.65. The zero-order valence-corrected chi connectivity index (χ0v) is 8.06. The molecule has 4 atom stereocenters. The van der Waals surface area contributed by atoms with Crippen LogP contribution < -0.4 is 0 Å². The Morgan fingerprint density at radius 2 is 2.15 bits per heavy atom. The van der Waals surface area contributed by atoms with Gasteiger partial charge in [0.1, 0.15) is 0 Å². The van der Waals surface area contributed by atoms with Gasteiger partial charge in [-0.15, -0.1) is 0 Å². The second-order valence-electron chi connectivity index (χ2n) is 4.56. The van der Waals surface area contributed by atoms with E-state index in [1.165, 1.54) is 19.3 Å². The minimum Gasteiger partial charge on any atom is -0.270 e. The standard InChI is InChI=1S/C11H16N2/c1-8(13-7-3-6-12-13)11-9-4-2-5-10(9)11/h3,6-11H,2,4-5H2,1H3/t8?,9-,10+,11?. The van der Waals surface area contributed by atoms with Crippen molar-refractivity contribution in [3.63, 3.8) is 0 Å². The highest BCUT2D eigenvalue weighted by molar-refractivity contribution is 5.04. The lowest BCUT2D eigenvalue weighted by atomic mass is 10.1. The number of fused-ring (bicyclic) bond motifs is 1. The van der Waals surface area contributed by atoms with Crippen molar-refractivity contribution in [2.75, 3.05) is 0 Å². The molecule has 1 aromatic heterocycles. The first-order valence-corrected chi connectivity index (χ1v) is 5.37. The average molecular weight is 176 g/mol. The van der Waals surface area contributed by atoms with Crippen molar-refractivity contribution in [3.8, 4) is 0 Å². The van der Waals surface area contributed by atoms with E-state index in [4.69, 9.17) is 0 Å². The molecule has 0 N–H and O–H groups in total. The maximum atomic E-state index is 4.32. The molecule has 2 unspecified atom stereocenters. The fourth-order valence-corrected chi connectivity index (χ4v) is 3.29. The molecule has 2 aliphatic rings. The maximum absolute atomic E-state index is 4.32. The Hall–Kier alpha value is -0.790. The molecule has 1 heterocycles. The molecule has 0 amide bonds. The van der Waals surface area contributed by atoms with Crippen LogP contribution in [0, 0.1) is 17.8 Å². The van der Waals surface area contributed by atoms with E-state index in [1.54, 1.807) is 0 Å². The fourth-order valence-electron chi connectivity index (χ4n) is 3.29. The van der Waals surface area contributed by atoms with E-state index in [1.807, 2.05) is 12.3 Å². The fraction of sp³-hybridized carbons (Fsp3) is 0.727. The summed E-state index contributed by atoms with van der Waals surface area (Å²) in [6.45, 7) is 2.32. The summed E-state index contributed by atoms with van der Waals surface area (Å²) in [5, 5.41) is 4.32. The van der Waals surface area contributed by atoms with E-state index >= 15 is 0 Å². The first-order chi connectivity index (χ1) is 6.38. The highest BCUT2D eigenvalue weighted by Gasteiger charge is 2.55. The van der Waals surface area contributed by atoms with Gasteiger partial charge in [0, 0.05) is 12.4 Å². The summed E-state index contributed by atoms with van der Waals surface area (Å²) < 4.78 is 2.13. The van der Waals surface area contributed by atoms with Crippen molar-refractivity contribution in [3.05, 3.63) is 18.5 Å². The third-order valence-electron chi connectivity index (χ3n) is 3.97. The smallest absolute Gasteiger partial charge is 0.0524 e. The molecule has 2 aliphatic carbocycles. The monoisotopic (exact) mass is 176 g/mol. The number of aromatic nitrogens is 2. The zero-order valence-electron chi connectivity index (χ0n) is 8.06. The van der Waals surface area contributed by atoms with Gasteiger partial charge in [-0.25, -0.2) is 0 Å². The highest BCUT2D eigenvalue weighted by Crippen LogP contribution is 2.61. The predicted octanol–water partition coefficient (Wildman–Crippen LogP) is 2.49. The highest BCUT2D eigenvalue weighted by atomic mass is 15.3. The Balaban J connectivity index is 1.74. The molecule has 2 saturated carbocycles. The second-order valence-corrected chi connectivity index (χ2v) is 4.56. The van der Waals surface area contributed by atoms with Gasteiger partial charge in [-0.05, 0) is 43.6 Å². The molecule has 70 valence electrons. The molecule has 0 aliphatic heterocycles. The first-order valence-electron chi connectivity index (χ1n) is 5.37. The van der Waals surface area contributed by atoms with Crippen LogP contribution in [0.3, 0.4) is 0 Å². The summed E-state index contributed by atoms with van der Waals surface area (Å²) in [5.74, 6) is 3.02. The molecule has 2 fully saturated rings. The molecule has 0 bridgehead atoms. The van der Waals surface area contributed by atoms with E-state index in [0.717, 1.165) is 17.8 Å². The van der Waals surface area contributed by atoms with Gasteiger partial charge < -0.3 is 0 Å². The SMILES string of the molecule is CC(C1[C@H]2CCC[C@@H]12)n1cccn1. The van der Waals surface area contributed by atoms with Gasteiger partial charge in [0.25, 0.3) is 0 Å². The molecule has 0 saturated heterocycles. The molecule has 0 spiro atoms. The van der Waals surface area contributed by atoms with E-state index in [9.17, 15) is 0 Å². The van der Waals surface area contributed by atoms with Gasteiger partial charge in [0.2, 0.25) is 0 Å². The first kappa shape index (κ1) is 7.60. The van der Waals surface area contributed by atoms with Crippen molar-refractivity contribution in [1.29, 1.82) is 0 Å². The van der Waals surface area contributed by atoms with Crippen LogP contribution in [0.2, 0.25) is 0 Å². The van der Waals surface area contributed by atoms with Crippen LogP contribution in [0.15, 0.2) is 18.5 Å². The lowest BCUT2D eigenvalue weighted by Crippen LogP contribution is -2.10. The summed E-state index contributed by atoms with van der Waals surface area (Å²) in [5.41, 5.74) is 0. The third kappa shape index (κ3) is 1.04. The van der Waals surface area contributed by atoms with E-state index in [2.05, 4.69) is 22.9 Å². The van der Waals surface area contributed by atoms with E-state index in [0.29, 0.717) is 6.04 Å². The van der Waals surface area contributed by atoms with Crippen molar-refractivity contribution >= 4 is 0 Å². The van der Waals surface area contributed by atoms with Crippen LogP contribution >= 0.6 is 0 Å². The Bertz CT molecular complexity index is 281. The van der Waals surface area contributed by atoms with Crippen molar-refractivity contribution in [2.24, 2.45) is 17.8 Å². The average Bonchev–Trinajstić information content (AvgIpc) is 2.68. The number of nitrogens with zero attached hydrogens (tertiary/aromatic N) is 2. The molecule has 1 aromatic rings. The lowest BCUT2D eigenvalue weighted by molar-refractivity contribution is 0.383. The van der Waals surface area contributed by atoms with Gasteiger partial charge >= 0.3 is 0 Å². The normalized spacial score (nSPS) is 38.7. The predicted molar refractivity (Wildman–Crippen MR) is 51.3 cm³/mol. The molecule has 0 aromatic carbocycles. The summed E-state index contributed by atoms with van der Waals surface area (Å²) in [6.07, 6.45) is 8.40. The van der Waals surface area contributed by atoms with Crippen LogP contribution in [0.5, 0.6) is 0 Å². The Labute approximate surface area is 78.9 Å². The summed E-state index contributed by atoms with van der Waals surface area (Å²) >= 11 is 0. The molecular formula is C11H16N2. The van der Waals surface area contributed by atoms with Crippen LogP contribution in [-0.4, -0.2) is 9.78 Å². The van der Waals surface area contributed by atoms with Crippen LogP contribution in [0.4, 0.5) is 0 Å². The molecule has 2 heteroatoms. The Morgan fingerprint density at radius 3 is 2.77 bits per heavy atom. The quantitative estimate of drug-likeness (QED) is 0.677. The van der Waals surface area contributed by atoms with Gasteiger partial charge in [0.05, 0.1) is 6.04 Å². The Morgan fingerprint density at radius 1 is 1.38 bits per heavy atom. The molecule has 0 radical (unpaired) electrons. The number of rotatable bonds is 2. The minimum absolute atomic E-state index is 0.630. The zero-order chi connectivity index (χ0) is 8.84. The number of hydrogen-bond donors (Lipinski definition) is 0. The van der Waals surface area contributed by atoms with Gasteiger partial charge in [-0.2, -0.15) is 5.10 Å². The van der Waals surface area contributed by atoms with E-state index in [-0.39, 0.29) is 0 Å². The minimum atomic E-state index is 0.630. The van der Waals surface area contributed by atoms with Gasteiger partial charge in [-0.1, -0.05) is 6.42 Å². The lowest BCUT2D eigenvalue weighted by Gasteiger charge is -2.13. The van der Waals surface area contributed by atoms with Crippen LogP contribution in [0.1, 0.15) is 32.2 Å². The number of hydrogen-bond acceptors (Lipinski definition) is 1. The maximum Gasteiger partial charge on any atom is 0.0524 e. The van der Waals surface area contributed by atoms with Crippen LogP contribution in [-0.2, 0) is 0 Å². The van der Waals surface area contributed by atoms with Crippen LogP contribution in [0.25, 0.3) is 0 Å². The van der Waals surface area contributed by atoms with Crippen molar-refractivity contribution in [2.45, 2.75) is 32.2 Å².